The minimum absolute atomic E-state index is 0.0915. The molecule has 2 N–H and O–H groups in total. The molecule has 5 nitrogen and oxygen atoms in total. The number of nitrogens with one attached hydrogen (secondary N) is 2. The number of hydrogen-bond acceptors (Lipinski definition) is 4. The highest BCUT2D eigenvalue weighted by Crippen LogP contribution is 2.23. The second-order valence-corrected chi connectivity index (χ2v) is 5.98. The maximum Gasteiger partial charge on any atom is 0.269 e. The molecule has 0 saturated carbocycles. The van der Waals surface area contributed by atoms with Gasteiger partial charge in [0, 0.05) is 24.5 Å². The first-order valence-corrected chi connectivity index (χ1v) is 7.80. The number of pyridine rings is 1. The van der Waals surface area contributed by atoms with Gasteiger partial charge in [-0.05, 0) is 41.5 Å². The molecule has 0 aromatic carbocycles. The molecule has 0 radical (unpaired) electrons. The normalized spacial score (nSPS) is 18.1. The molecule has 1 saturated heterocycles. The Labute approximate surface area is 121 Å². The van der Waals surface area contributed by atoms with Crippen molar-refractivity contribution in [1.82, 2.24) is 20.5 Å². The summed E-state index contributed by atoms with van der Waals surface area (Å²) in [5.74, 6) is 2.84. The maximum absolute atomic E-state index is 12.3. The van der Waals surface area contributed by atoms with E-state index in [2.05, 4.69) is 20.5 Å². The minimum atomic E-state index is -0.0915. The smallest absolute Gasteiger partial charge is 0.269 e. The molecular weight excluding hydrogens is 272 g/mol. The highest BCUT2D eigenvalue weighted by molar-refractivity contribution is 7.99. The molecule has 104 valence electrons. The van der Waals surface area contributed by atoms with Crippen molar-refractivity contribution in [3.8, 4) is 11.1 Å². The number of aromatic nitrogens is 3. The van der Waals surface area contributed by atoms with Crippen LogP contribution < -0.4 is 5.32 Å². The Morgan fingerprint density at radius 2 is 2.30 bits per heavy atom. The fourth-order valence-electron chi connectivity index (χ4n) is 2.28. The van der Waals surface area contributed by atoms with Crippen LogP contribution in [0, 0.1) is 5.92 Å². The lowest BCUT2D eigenvalue weighted by molar-refractivity contribution is 0.0944. The quantitative estimate of drug-likeness (QED) is 0.902. The third-order valence-corrected chi connectivity index (χ3v) is 4.66. The molecular formula is C14H16N4OS. The highest BCUT2D eigenvalue weighted by Gasteiger charge is 2.19. The van der Waals surface area contributed by atoms with Crippen LogP contribution in [-0.4, -0.2) is 39.1 Å². The molecule has 6 heteroatoms. The topological polar surface area (TPSA) is 70.7 Å². The van der Waals surface area contributed by atoms with Crippen LogP contribution in [0.1, 0.15) is 16.9 Å². The Morgan fingerprint density at radius 3 is 3.05 bits per heavy atom. The van der Waals surface area contributed by atoms with Gasteiger partial charge in [0.05, 0.1) is 6.20 Å². The number of hydrogen-bond donors (Lipinski definition) is 2. The van der Waals surface area contributed by atoms with Gasteiger partial charge in [-0.3, -0.25) is 14.9 Å². The zero-order valence-corrected chi connectivity index (χ0v) is 11.8. The Kier molecular flexibility index (Phi) is 4.01. The number of rotatable bonds is 4. The van der Waals surface area contributed by atoms with Crippen molar-refractivity contribution in [2.45, 2.75) is 6.42 Å². The molecule has 2 aromatic rings. The van der Waals surface area contributed by atoms with E-state index in [1.54, 1.807) is 18.6 Å². The van der Waals surface area contributed by atoms with Gasteiger partial charge in [0.25, 0.3) is 5.91 Å². The molecule has 1 amide bonds. The lowest BCUT2D eigenvalue weighted by atomic mass is 10.1. The zero-order valence-electron chi connectivity index (χ0n) is 11.0. The Morgan fingerprint density at radius 1 is 1.45 bits per heavy atom. The molecule has 0 spiro atoms. The minimum Gasteiger partial charge on any atom is -0.350 e. The Balaban J connectivity index is 1.70. The second kappa shape index (κ2) is 6.09. The molecule has 3 rings (SSSR count). The van der Waals surface area contributed by atoms with E-state index in [0.717, 1.165) is 23.4 Å². The average Bonchev–Trinajstić information content (AvgIpc) is 3.17. The van der Waals surface area contributed by atoms with E-state index in [1.165, 1.54) is 12.2 Å². The van der Waals surface area contributed by atoms with Gasteiger partial charge in [-0.1, -0.05) is 0 Å². The largest absolute Gasteiger partial charge is 0.350 e. The summed E-state index contributed by atoms with van der Waals surface area (Å²) in [6.07, 6.45) is 6.28. The molecule has 1 unspecified atom stereocenters. The predicted molar refractivity (Wildman–Crippen MR) is 79.6 cm³/mol. The van der Waals surface area contributed by atoms with E-state index in [4.69, 9.17) is 0 Å². The fourth-order valence-corrected chi connectivity index (χ4v) is 3.56. The number of carbonyl (C=O) groups excluding carboxylic acids is 1. The number of carbonyl (C=O) groups is 1. The molecule has 20 heavy (non-hydrogen) atoms. The van der Waals surface area contributed by atoms with Gasteiger partial charge in [-0.15, -0.1) is 0 Å². The predicted octanol–water partition coefficient (Wildman–Crippen LogP) is 1.95. The van der Waals surface area contributed by atoms with Crippen LogP contribution in [-0.2, 0) is 0 Å². The molecule has 1 fully saturated rings. The molecule has 0 aliphatic carbocycles. The Bertz CT molecular complexity index is 578. The van der Waals surface area contributed by atoms with Crippen LogP contribution in [0.5, 0.6) is 0 Å². The number of amides is 1. The van der Waals surface area contributed by atoms with Crippen molar-refractivity contribution in [2.75, 3.05) is 18.1 Å². The molecule has 1 atom stereocenters. The summed E-state index contributed by atoms with van der Waals surface area (Å²) in [5.41, 5.74) is 2.27. The highest BCUT2D eigenvalue weighted by atomic mass is 32.2. The van der Waals surface area contributed by atoms with Crippen molar-refractivity contribution < 1.29 is 4.79 Å². The van der Waals surface area contributed by atoms with Crippen LogP contribution in [0.4, 0.5) is 0 Å². The van der Waals surface area contributed by atoms with Gasteiger partial charge in [0.15, 0.2) is 0 Å². The molecule has 2 aromatic heterocycles. The number of thioether (sulfide) groups is 1. The third kappa shape index (κ3) is 2.85. The van der Waals surface area contributed by atoms with E-state index < -0.39 is 0 Å². The molecule has 1 aliphatic rings. The standard InChI is InChI=1S/C14H16N4OS/c19-14(16-7-10-3-6-20-9-10)13-12(8-17-18-13)11-1-4-15-5-2-11/h1-2,4-5,8,10H,3,6-7,9H2,(H,16,19)(H,17,18). The van der Waals surface area contributed by atoms with Crippen LogP contribution in [0.2, 0.25) is 0 Å². The van der Waals surface area contributed by atoms with E-state index >= 15 is 0 Å². The average molecular weight is 288 g/mol. The summed E-state index contributed by atoms with van der Waals surface area (Å²) in [6.45, 7) is 0.737. The second-order valence-electron chi connectivity index (χ2n) is 4.83. The van der Waals surface area contributed by atoms with E-state index in [0.29, 0.717) is 11.6 Å². The third-order valence-electron chi connectivity index (χ3n) is 3.43. The van der Waals surface area contributed by atoms with Crippen LogP contribution >= 0.6 is 11.8 Å². The monoisotopic (exact) mass is 288 g/mol. The molecule has 3 heterocycles. The first-order chi connectivity index (χ1) is 9.84. The SMILES string of the molecule is O=C(NCC1CCSC1)c1[nH]ncc1-c1ccncc1. The summed E-state index contributed by atoms with van der Waals surface area (Å²) >= 11 is 1.95. The Hall–Kier alpha value is -1.82. The van der Waals surface area contributed by atoms with Crippen molar-refractivity contribution in [3.05, 3.63) is 36.4 Å². The van der Waals surface area contributed by atoms with Crippen molar-refractivity contribution in [3.63, 3.8) is 0 Å². The number of H-pyrrole nitrogens is 1. The van der Waals surface area contributed by atoms with Crippen LogP contribution in [0.3, 0.4) is 0 Å². The van der Waals surface area contributed by atoms with Gasteiger partial charge in [0.1, 0.15) is 5.69 Å². The first-order valence-electron chi connectivity index (χ1n) is 6.64. The van der Waals surface area contributed by atoms with Crippen LogP contribution in [0.25, 0.3) is 11.1 Å². The van der Waals surface area contributed by atoms with E-state index in [-0.39, 0.29) is 5.91 Å². The lowest BCUT2D eigenvalue weighted by Crippen LogP contribution is -2.29. The summed E-state index contributed by atoms with van der Waals surface area (Å²) < 4.78 is 0. The fraction of sp³-hybridized carbons (Fsp3) is 0.357. The van der Waals surface area contributed by atoms with Gasteiger partial charge < -0.3 is 5.32 Å². The number of nitrogens with zero attached hydrogens (tertiary/aromatic N) is 2. The zero-order chi connectivity index (χ0) is 13.8. The molecule has 0 bridgehead atoms. The summed E-state index contributed by atoms with van der Waals surface area (Å²) in [5, 5.41) is 9.78. The lowest BCUT2D eigenvalue weighted by Gasteiger charge is -2.10. The van der Waals surface area contributed by atoms with Crippen molar-refractivity contribution in [2.24, 2.45) is 5.92 Å². The van der Waals surface area contributed by atoms with Crippen molar-refractivity contribution >= 4 is 17.7 Å². The first kappa shape index (κ1) is 13.2. The van der Waals surface area contributed by atoms with Gasteiger partial charge in [-0.25, -0.2) is 0 Å². The van der Waals surface area contributed by atoms with E-state index in [1.807, 2.05) is 23.9 Å². The summed E-state index contributed by atoms with van der Waals surface area (Å²) in [6, 6.07) is 3.74. The van der Waals surface area contributed by atoms with Crippen molar-refractivity contribution in [1.29, 1.82) is 0 Å². The van der Waals surface area contributed by atoms with Gasteiger partial charge in [-0.2, -0.15) is 16.9 Å². The maximum atomic E-state index is 12.3. The summed E-state index contributed by atoms with van der Waals surface area (Å²) in [7, 11) is 0. The van der Waals surface area contributed by atoms with E-state index in [9.17, 15) is 4.79 Å². The van der Waals surface area contributed by atoms with Gasteiger partial charge >= 0.3 is 0 Å². The number of aromatic amines is 1. The summed E-state index contributed by atoms with van der Waals surface area (Å²) in [4.78, 5) is 16.2. The van der Waals surface area contributed by atoms with Gasteiger partial charge in [0.2, 0.25) is 0 Å². The van der Waals surface area contributed by atoms with Crippen LogP contribution in [0.15, 0.2) is 30.7 Å². The molecule has 1 aliphatic heterocycles.